The minimum atomic E-state index is -0.730. The van der Waals surface area contributed by atoms with Crippen LogP contribution in [0.3, 0.4) is 0 Å². The smallest absolute Gasteiger partial charge is 0.168 e. The van der Waals surface area contributed by atoms with Gasteiger partial charge in [0.15, 0.2) is 11.4 Å². The summed E-state index contributed by atoms with van der Waals surface area (Å²) >= 11 is 0. The standard InChI is InChI=1S/C28H35N5O4/c1-18-17-35-13-12-33(18)26-22-6-7-23(20-4-3-5-21(16-20)27(34)29-2)30-25(22)31-24(32-26)19-8-10-28(11-9-19)36-14-15-37-28/h3-7,16,18-19,27,29,34H,8-15,17H2,1-2H3/t18-,27?/m0/s1. The number of nitrogens with zero attached hydrogens (tertiary/aromatic N) is 4. The summed E-state index contributed by atoms with van der Waals surface area (Å²) in [6.45, 7) is 5.66. The summed E-state index contributed by atoms with van der Waals surface area (Å²) < 4.78 is 17.6. The van der Waals surface area contributed by atoms with Gasteiger partial charge in [-0.1, -0.05) is 18.2 Å². The number of anilines is 1. The summed E-state index contributed by atoms with van der Waals surface area (Å²) in [7, 11) is 1.73. The molecule has 1 saturated carbocycles. The number of morpholine rings is 1. The molecule has 37 heavy (non-hydrogen) atoms. The zero-order valence-electron chi connectivity index (χ0n) is 21.5. The van der Waals surface area contributed by atoms with E-state index in [0.717, 1.165) is 66.1 Å². The van der Waals surface area contributed by atoms with Crippen LogP contribution in [0.15, 0.2) is 36.4 Å². The van der Waals surface area contributed by atoms with E-state index in [4.69, 9.17) is 29.2 Å². The summed E-state index contributed by atoms with van der Waals surface area (Å²) in [5.74, 6) is 1.60. The van der Waals surface area contributed by atoms with E-state index in [1.807, 2.05) is 30.3 Å². The predicted molar refractivity (Wildman–Crippen MR) is 140 cm³/mol. The van der Waals surface area contributed by atoms with Gasteiger partial charge in [0.05, 0.1) is 43.5 Å². The Hall–Kier alpha value is -2.69. The molecular weight excluding hydrogens is 470 g/mol. The minimum Gasteiger partial charge on any atom is -0.377 e. The molecule has 1 aromatic carbocycles. The molecule has 0 radical (unpaired) electrons. The van der Waals surface area contributed by atoms with Gasteiger partial charge < -0.3 is 24.2 Å². The number of pyridine rings is 1. The highest BCUT2D eigenvalue weighted by molar-refractivity contribution is 5.89. The van der Waals surface area contributed by atoms with Gasteiger partial charge in [-0.25, -0.2) is 15.0 Å². The summed E-state index contributed by atoms with van der Waals surface area (Å²) in [5.41, 5.74) is 3.24. The van der Waals surface area contributed by atoms with Crippen molar-refractivity contribution in [3.05, 3.63) is 47.8 Å². The molecule has 3 aromatic rings. The highest BCUT2D eigenvalue weighted by Gasteiger charge is 2.41. The fraction of sp³-hybridized carbons (Fsp3) is 0.536. The van der Waals surface area contributed by atoms with Crippen LogP contribution in [0.2, 0.25) is 0 Å². The zero-order chi connectivity index (χ0) is 25.4. The number of hydrogen-bond donors (Lipinski definition) is 2. The largest absolute Gasteiger partial charge is 0.377 e. The number of aliphatic hydroxyl groups is 1. The van der Waals surface area contributed by atoms with Crippen molar-refractivity contribution in [3.63, 3.8) is 0 Å². The molecule has 3 aliphatic rings. The lowest BCUT2D eigenvalue weighted by atomic mass is 9.84. The van der Waals surface area contributed by atoms with Crippen molar-refractivity contribution in [1.82, 2.24) is 20.3 Å². The van der Waals surface area contributed by atoms with Gasteiger partial charge >= 0.3 is 0 Å². The van der Waals surface area contributed by atoms with E-state index >= 15 is 0 Å². The fourth-order valence-corrected chi connectivity index (χ4v) is 5.75. The van der Waals surface area contributed by atoms with Crippen LogP contribution in [-0.2, 0) is 14.2 Å². The number of aromatic nitrogens is 3. The molecular formula is C28H35N5O4. The van der Waals surface area contributed by atoms with E-state index < -0.39 is 12.0 Å². The van der Waals surface area contributed by atoms with Crippen molar-refractivity contribution >= 4 is 16.9 Å². The van der Waals surface area contributed by atoms with E-state index in [9.17, 15) is 5.11 Å². The van der Waals surface area contributed by atoms with Crippen LogP contribution in [0.4, 0.5) is 5.82 Å². The second-order valence-corrected chi connectivity index (χ2v) is 10.3. The molecule has 2 N–H and O–H groups in total. The molecule has 9 heteroatoms. The van der Waals surface area contributed by atoms with Gasteiger partial charge in [-0.15, -0.1) is 0 Å². The highest BCUT2D eigenvalue weighted by Crippen LogP contribution is 2.42. The van der Waals surface area contributed by atoms with Gasteiger partial charge in [0, 0.05) is 30.9 Å². The number of benzene rings is 1. The van der Waals surface area contributed by atoms with Gasteiger partial charge in [-0.3, -0.25) is 5.32 Å². The Bertz CT molecular complexity index is 1250. The maximum absolute atomic E-state index is 10.2. The maximum Gasteiger partial charge on any atom is 0.168 e. The molecule has 2 aromatic heterocycles. The molecule has 3 fully saturated rings. The van der Waals surface area contributed by atoms with Crippen LogP contribution in [0, 0.1) is 0 Å². The summed E-state index contributed by atoms with van der Waals surface area (Å²) in [5, 5.41) is 14.1. The van der Waals surface area contributed by atoms with Crippen molar-refractivity contribution in [2.45, 2.75) is 56.6 Å². The molecule has 2 atom stereocenters. The molecule has 9 nitrogen and oxygen atoms in total. The first-order valence-corrected chi connectivity index (χ1v) is 13.3. The van der Waals surface area contributed by atoms with Gasteiger partial charge in [-0.05, 0) is 50.6 Å². The van der Waals surface area contributed by atoms with Crippen molar-refractivity contribution in [1.29, 1.82) is 0 Å². The average Bonchev–Trinajstić information content (AvgIpc) is 3.40. The number of ether oxygens (including phenoxy) is 3. The monoisotopic (exact) mass is 505 g/mol. The lowest BCUT2D eigenvalue weighted by molar-refractivity contribution is -0.179. The van der Waals surface area contributed by atoms with Crippen molar-refractivity contribution in [3.8, 4) is 11.3 Å². The first-order chi connectivity index (χ1) is 18.0. The average molecular weight is 506 g/mol. The Kier molecular flexibility index (Phi) is 6.81. The SMILES string of the molecule is CNC(O)c1cccc(-c2ccc3c(N4CCOC[C@@H]4C)nc(C4CCC5(CC4)OCCO5)nc3n2)c1. The van der Waals surface area contributed by atoms with Crippen LogP contribution in [-0.4, -0.2) is 71.9 Å². The molecule has 1 unspecified atom stereocenters. The molecule has 1 spiro atoms. The van der Waals surface area contributed by atoms with Crippen LogP contribution in [0.5, 0.6) is 0 Å². The van der Waals surface area contributed by atoms with Gasteiger partial charge in [-0.2, -0.15) is 0 Å². The van der Waals surface area contributed by atoms with Gasteiger partial charge in [0.25, 0.3) is 0 Å². The van der Waals surface area contributed by atoms with E-state index in [0.29, 0.717) is 32.1 Å². The first-order valence-electron chi connectivity index (χ1n) is 13.3. The molecule has 0 bridgehead atoms. The lowest BCUT2D eigenvalue weighted by Gasteiger charge is -2.36. The first kappa shape index (κ1) is 24.6. The highest BCUT2D eigenvalue weighted by atomic mass is 16.7. The second kappa shape index (κ2) is 10.2. The number of aliphatic hydroxyl groups excluding tert-OH is 1. The van der Waals surface area contributed by atoms with Crippen LogP contribution in [0.25, 0.3) is 22.3 Å². The second-order valence-electron chi connectivity index (χ2n) is 10.3. The van der Waals surface area contributed by atoms with E-state index in [-0.39, 0.29) is 12.0 Å². The summed E-state index contributed by atoms with van der Waals surface area (Å²) in [6, 6.07) is 12.1. The third-order valence-corrected chi connectivity index (χ3v) is 7.89. The van der Waals surface area contributed by atoms with Gasteiger partial charge in [0.2, 0.25) is 0 Å². The van der Waals surface area contributed by atoms with Crippen molar-refractivity contribution < 1.29 is 19.3 Å². The number of nitrogens with one attached hydrogen (secondary N) is 1. The van der Waals surface area contributed by atoms with Gasteiger partial charge in [0.1, 0.15) is 17.9 Å². The minimum absolute atomic E-state index is 0.217. The number of rotatable bonds is 5. The third kappa shape index (κ3) is 4.82. The van der Waals surface area contributed by atoms with Crippen LogP contribution in [0.1, 0.15) is 56.1 Å². The fourth-order valence-electron chi connectivity index (χ4n) is 5.75. The third-order valence-electron chi connectivity index (χ3n) is 7.89. The van der Waals surface area contributed by atoms with Crippen molar-refractivity contribution in [2.75, 3.05) is 44.9 Å². The molecule has 1 aliphatic carbocycles. The normalized spacial score (nSPS) is 23.1. The molecule has 2 saturated heterocycles. The van der Waals surface area contributed by atoms with Crippen LogP contribution < -0.4 is 10.2 Å². The zero-order valence-corrected chi connectivity index (χ0v) is 21.5. The Balaban J connectivity index is 1.40. The van der Waals surface area contributed by atoms with Crippen LogP contribution >= 0.6 is 0 Å². The Morgan fingerprint density at radius 3 is 2.62 bits per heavy atom. The lowest BCUT2D eigenvalue weighted by Crippen LogP contribution is -2.44. The number of hydrogen-bond acceptors (Lipinski definition) is 9. The van der Waals surface area contributed by atoms with Crippen molar-refractivity contribution in [2.24, 2.45) is 0 Å². The topological polar surface area (TPSA) is 102 Å². The van der Waals surface area contributed by atoms with E-state index in [1.165, 1.54) is 0 Å². The Morgan fingerprint density at radius 2 is 1.86 bits per heavy atom. The summed E-state index contributed by atoms with van der Waals surface area (Å²) in [4.78, 5) is 17.5. The van der Waals surface area contributed by atoms with E-state index in [2.05, 4.69) is 23.2 Å². The van der Waals surface area contributed by atoms with E-state index in [1.54, 1.807) is 7.05 Å². The summed E-state index contributed by atoms with van der Waals surface area (Å²) in [6.07, 6.45) is 2.83. The maximum atomic E-state index is 10.2. The quantitative estimate of drug-likeness (QED) is 0.504. The molecule has 2 aliphatic heterocycles. The molecule has 4 heterocycles. The molecule has 0 amide bonds. The Labute approximate surface area is 217 Å². The molecule has 196 valence electrons. The molecule has 6 rings (SSSR count). The predicted octanol–water partition coefficient (Wildman–Crippen LogP) is 3.53. The Morgan fingerprint density at radius 1 is 1.05 bits per heavy atom. The number of fused-ring (bicyclic) bond motifs is 1.